The predicted octanol–water partition coefficient (Wildman–Crippen LogP) is 8.52. The van der Waals surface area contributed by atoms with Crippen molar-refractivity contribution in [1.29, 1.82) is 0 Å². The van der Waals surface area contributed by atoms with E-state index in [1.54, 1.807) is 35.9 Å². The van der Waals surface area contributed by atoms with E-state index in [2.05, 4.69) is 115 Å². The molecule has 0 spiro atoms. The Bertz CT molecular complexity index is 2930. The highest BCUT2D eigenvalue weighted by Gasteiger charge is 2.26. The van der Waals surface area contributed by atoms with Gasteiger partial charge in [-0.2, -0.15) is 10.2 Å². The van der Waals surface area contributed by atoms with Gasteiger partial charge in [0.05, 0.1) is 25.6 Å². The van der Waals surface area contributed by atoms with Gasteiger partial charge in [0.25, 0.3) is 0 Å². The zero-order chi connectivity index (χ0) is 47.8. The number of carbonyl (C=O) groups is 2. The van der Waals surface area contributed by atoms with Gasteiger partial charge in [0.2, 0.25) is 0 Å². The maximum absolute atomic E-state index is 12.7. The van der Waals surface area contributed by atoms with Gasteiger partial charge in [-0.25, -0.2) is 19.0 Å². The molecule has 0 aliphatic carbocycles. The van der Waals surface area contributed by atoms with Crippen molar-refractivity contribution in [3.8, 4) is 34.0 Å². The number of rotatable bonds is 16. The van der Waals surface area contributed by atoms with Crippen LogP contribution in [0.3, 0.4) is 0 Å². The first-order chi connectivity index (χ1) is 33.5. The van der Waals surface area contributed by atoms with Gasteiger partial charge in [-0.05, 0) is 134 Å². The standard InChI is InChI=1S/C52H62BN12O4/c1-31(2)45-39-23-35(7-9-41(39)60-47(45)37-25-43(68-5)49-56-29-58-64(49)27-37)33-11-17-62(18-12-33)21-15-54-51(66)53-52(67)55-16-22-63-19-13-34(14-20-63)36-8-10-42-40(24-36)46(32(3)4)48(61-42)38-26-44(69-6)50-57-30-59-65(50)28-38/h7-10,23-34,60-61H,11-22H2,1-6H3,(H,54,66)(H,55,67). The smallest absolute Gasteiger partial charge is 0.350 e. The van der Waals surface area contributed by atoms with E-state index in [-0.39, 0.29) is 11.6 Å². The highest BCUT2D eigenvalue weighted by molar-refractivity contribution is 6.96. The SMILES string of the molecule is COc1cc(-c2[nH]c3ccc(C4CCN(CCNC(=O)[B]C(=O)NCCN5CCC(c6ccc7[nH]c(-c8cc(OC)c9ncnn9c8)c(C(C)C)c7c6)CC5)CC4)cc3c2C(C)C)cn2ncnc12. The summed E-state index contributed by atoms with van der Waals surface area (Å²) in [5.74, 6) is 2.17. The number of amides is 2. The van der Waals surface area contributed by atoms with E-state index in [1.807, 2.05) is 24.5 Å². The second kappa shape index (κ2) is 19.7. The molecule has 2 saturated heterocycles. The number of H-pyrrole nitrogens is 2. The van der Waals surface area contributed by atoms with E-state index in [0.717, 1.165) is 106 Å². The number of pyridine rings is 2. The Hall–Kier alpha value is -6.72. The van der Waals surface area contributed by atoms with Crippen LogP contribution in [0, 0.1) is 0 Å². The van der Waals surface area contributed by atoms with Gasteiger partial charge in [-0.15, -0.1) is 0 Å². The number of nitrogens with one attached hydrogen (secondary N) is 4. The molecular weight excluding hydrogens is 867 g/mol. The summed E-state index contributed by atoms with van der Waals surface area (Å²) < 4.78 is 14.9. The molecule has 1 radical (unpaired) electrons. The Balaban J connectivity index is 0.653. The van der Waals surface area contributed by atoms with Gasteiger partial charge in [-0.3, -0.25) is 9.59 Å². The first-order valence-corrected chi connectivity index (χ1v) is 24.5. The molecule has 2 aromatic carbocycles. The zero-order valence-electron chi connectivity index (χ0n) is 40.5. The second-order valence-corrected chi connectivity index (χ2v) is 19.4. The molecule has 2 aliphatic rings. The summed E-state index contributed by atoms with van der Waals surface area (Å²) in [5, 5.41) is 17.1. The van der Waals surface area contributed by atoms with Gasteiger partial charge < -0.3 is 39.9 Å². The molecule has 2 fully saturated rings. The van der Waals surface area contributed by atoms with E-state index >= 15 is 0 Å². The fourth-order valence-corrected chi connectivity index (χ4v) is 10.9. The molecule has 8 heterocycles. The molecule has 10 rings (SSSR count). The molecule has 6 aromatic heterocycles. The first kappa shape index (κ1) is 46.0. The Morgan fingerprint density at radius 1 is 0.652 bits per heavy atom. The topological polar surface area (TPSA) is 175 Å². The number of likely N-dealkylation sites (tertiary alicyclic amines) is 2. The number of methoxy groups -OCH3 is 2. The number of ether oxygens (including phenoxy) is 2. The van der Waals surface area contributed by atoms with Crippen LogP contribution in [-0.2, 0) is 0 Å². The van der Waals surface area contributed by atoms with E-state index in [9.17, 15) is 9.59 Å². The minimum atomic E-state index is -0.355. The third kappa shape index (κ3) is 9.41. The van der Waals surface area contributed by atoms with E-state index in [4.69, 9.17) is 9.47 Å². The van der Waals surface area contributed by atoms with Crippen molar-refractivity contribution in [3.05, 3.63) is 95.8 Å². The molecule has 4 N–H and O–H groups in total. The quantitative estimate of drug-likeness (QED) is 0.0688. The van der Waals surface area contributed by atoms with Crippen LogP contribution in [0.2, 0.25) is 0 Å². The van der Waals surface area contributed by atoms with Crippen LogP contribution in [0.4, 0.5) is 9.59 Å². The number of fused-ring (bicyclic) bond motifs is 4. The van der Waals surface area contributed by atoms with E-state index in [1.165, 1.54) is 33.0 Å². The lowest BCUT2D eigenvalue weighted by Gasteiger charge is -2.32. The summed E-state index contributed by atoms with van der Waals surface area (Å²) >= 11 is 0. The van der Waals surface area contributed by atoms with Crippen molar-refractivity contribution in [2.24, 2.45) is 0 Å². The fourth-order valence-electron chi connectivity index (χ4n) is 10.9. The molecule has 8 aromatic rings. The van der Waals surface area contributed by atoms with E-state index < -0.39 is 0 Å². The van der Waals surface area contributed by atoms with Crippen molar-refractivity contribution >= 4 is 52.0 Å². The van der Waals surface area contributed by atoms with Gasteiger partial charge in [0.1, 0.15) is 12.7 Å². The first-order valence-electron chi connectivity index (χ1n) is 24.5. The van der Waals surface area contributed by atoms with Crippen LogP contribution >= 0.6 is 0 Å². The lowest BCUT2D eigenvalue weighted by molar-refractivity contribution is 0.211. The normalized spacial score (nSPS) is 15.6. The maximum atomic E-state index is 12.7. The molecule has 0 atom stereocenters. The summed E-state index contributed by atoms with van der Waals surface area (Å²) in [4.78, 5) is 46.3. The second-order valence-electron chi connectivity index (χ2n) is 19.4. The minimum Gasteiger partial charge on any atom is -0.493 e. The Morgan fingerprint density at radius 2 is 1.07 bits per heavy atom. The highest BCUT2D eigenvalue weighted by atomic mass is 16.5. The number of benzene rings is 2. The monoisotopic (exact) mass is 930 g/mol. The van der Waals surface area contributed by atoms with Crippen molar-refractivity contribution < 1.29 is 19.1 Å². The average molecular weight is 930 g/mol. The number of nitrogens with zero attached hydrogens (tertiary/aromatic N) is 8. The van der Waals surface area contributed by atoms with Gasteiger partial charge in [-0.1, -0.05) is 39.8 Å². The molecular formula is C52H62BN12O4. The maximum Gasteiger partial charge on any atom is 0.350 e. The summed E-state index contributed by atoms with van der Waals surface area (Å²) in [6, 6.07) is 17.8. The zero-order valence-corrected chi connectivity index (χ0v) is 40.5. The summed E-state index contributed by atoms with van der Waals surface area (Å²) in [5.41, 5.74) is 13.1. The molecule has 2 amide bonds. The number of hydrogen-bond acceptors (Lipinski definition) is 10. The fraction of sp³-hybridized carbons (Fsp3) is 0.423. The molecule has 0 saturated carbocycles. The molecule has 69 heavy (non-hydrogen) atoms. The Kier molecular flexibility index (Phi) is 13.2. The molecule has 357 valence electrons. The van der Waals surface area contributed by atoms with Gasteiger partial charge in [0.15, 0.2) is 34.4 Å². The summed E-state index contributed by atoms with van der Waals surface area (Å²) in [7, 11) is 4.47. The summed E-state index contributed by atoms with van der Waals surface area (Å²) in [6.07, 6.45) is 11.3. The van der Waals surface area contributed by atoms with Crippen LogP contribution in [0.1, 0.15) is 99.3 Å². The van der Waals surface area contributed by atoms with Crippen LogP contribution in [-0.4, -0.2) is 134 Å². The van der Waals surface area contributed by atoms with Gasteiger partial charge in [0, 0.05) is 71.5 Å². The molecule has 16 nitrogen and oxygen atoms in total. The molecule has 0 unspecified atom stereocenters. The lowest BCUT2D eigenvalue weighted by atomic mass is 9.76. The number of carbonyl (C=O) groups excluding carboxylic acids is 2. The van der Waals surface area contributed by atoms with Crippen molar-refractivity contribution in [1.82, 2.24) is 59.6 Å². The average Bonchev–Trinajstić information content (AvgIpc) is 4.18. The molecule has 0 bridgehead atoms. The summed E-state index contributed by atoms with van der Waals surface area (Å²) in [6.45, 7) is 15.3. The highest BCUT2D eigenvalue weighted by Crippen LogP contribution is 2.41. The number of piperidine rings is 2. The minimum absolute atomic E-state index is 0.297. The Labute approximate surface area is 402 Å². The van der Waals surface area contributed by atoms with E-state index in [0.29, 0.717) is 59.6 Å². The number of aromatic nitrogens is 8. The molecule has 17 heteroatoms. The largest absolute Gasteiger partial charge is 0.493 e. The van der Waals surface area contributed by atoms with Crippen LogP contribution in [0.5, 0.6) is 11.5 Å². The van der Waals surface area contributed by atoms with Crippen molar-refractivity contribution in [3.63, 3.8) is 0 Å². The van der Waals surface area contributed by atoms with Crippen LogP contribution < -0.4 is 20.1 Å². The Morgan fingerprint density at radius 3 is 1.46 bits per heavy atom. The van der Waals surface area contributed by atoms with Crippen molar-refractivity contribution in [2.45, 2.75) is 77.0 Å². The van der Waals surface area contributed by atoms with Crippen molar-refractivity contribution in [2.75, 3.05) is 66.6 Å². The van der Waals surface area contributed by atoms with Crippen LogP contribution in [0.25, 0.3) is 55.6 Å². The number of aromatic amines is 2. The number of hydrogen-bond donors (Lipinski definition) is 4. The van der Waals surface area contributed by atoms with Crippen LogP contribution in [0.15, 0.2) is 73.6 Å². The predicted molar refractivity (Wildman–Crippen MR) is 271 cm³/mol. The third-order valence-corrected chi connectivity index (χ3v) is 14.4. The van der Waals surface area contributed by atoms with Gasteiger partial charge >= 0.3 is 7.28 Å². The third-order valence-electron chi connectivity index (χ3n) is 14.4. The lowest BCUT2D eigenvalue weighted by Crippen LogP contribution is -2.44. The molecule has 2 aliphatic heterocycles.